The predicted octanol–water partition coefficient (Wildman–Crippen LogP) is 1.45. The van der Waals surface area contributed by atoms with Crippen LogP contribution in [-0.4, -0.2) is 53.3 Å². The molecule has 1 unspecified atom stereocenters. The molecule has 1 heterocycles. The van der Waals surface area contributed by atoms with Crippen molar-refractivity contribution in [2.75, 3.05) is 19.6 Å². The third-order valence-electron chi connectivity index (χ3n) is 2.95. The quantitative estimate of drug-likeness (QED) is 0.792. The van der Waals surface area contributed by atoms with Gasteiger partial charge in [0, 0.05) is 6.54 Å². The predicted molar refractivity (Wildman–Crippen MR) is 71.1 cm³/mol. The number of carbonyl (C=O) groups excluding carboxylic acids is 1. The SMILES string of the molecule is CC(C)(C)OC(=O)NCCC(C(=O)O)N1CCCC1. The zero-order valence-corrected chi connectivity index (χ0v) is 11.9. The van der Waals surface area contributed by atoms with Crippen LogP contribution in [0.4, 0.5) is 4.79 Å². The van der Waals surface area contributed by atoms with Crippen LogP contribution in [0.15, 0.2) is 0 Å². The third kappa shape index (κ3) is 5.92. The lowest BCUT2D eigenvalue weighted by Crippen LogP contribution is -2.42. The molecular weight excluding hydrogens is 248 g/mol. The van der Waals surface area contributed by atoms with Gasteiger partial charge in [0.05, 0.1) is 0 Å². The van der Waals surface area contributed by atoms with Crippen LogP contribution in [0.5, 0.6) is 0 Å². The van der Waals surface area contributed by atoms with E-state index in [1.807, 2.05) is 4.90 Å². The van der Waals surface area contributed by atoms with Gasteiger partial charge in [-0.05, 0) is 53.1 Å². The number of rotatable bonds is 5. The van der Waals surface area contributed by atoms with Gasteiger partial charge in [0.15, 0.2) is 0 Å². The van der Waals surface area contributed by atoms with Crippen LogP contribution in [0.2, 0.25) is 0 Å². The maximum absolute atomic E-state index is 11.4. The highest BCUT2D eigenvalue weighted by molar-refractivity contribution is 5.73. The summed E-state index contributed by atoms with van der Waals surface area (Å²) in [5.74, 6) is -0.826. The lowest BCUT2D eigenvalue weighted by molar-refractivity contribution is -0.143. The van der Waals surface area contributed by atoms with E-state index < -0.39 is 23.7 Å². The van der Waals surface area contributed by atoms with Gasteiger partial charge in [-0.3, -0.25) is 9.69 Å². The maximum atomic E-state index is 11.4. The normalized spacial score (nSPS) is 18.1. The fraction of sp³-hybridized carbons (Fsp3) is 0.846. The molecule has 0 bridgehead atoms. The molecule has 1 saturated heterocycles. The summed E-state index contributed by atoms with van der Waals surface area (Å²) in [6, 6.07) is -0.516. The molecule has 1 aliphatic rings. The van der Waals surface area contributed by atoms with Crippen molar-refractivity contribution < 1.29 is 19.4 Å². The minimum atomic E-state index is -0.826. The molecule has 0 saturated carbocycles. The number of nitrogens with one attached hydrogen (secondary N) is 1. The Morgan fingerprint density at radius 2 is 1.89 bits per heavy atom. The van der Waals surface area contributed by atoms with Crippen LogP contribution in [0.1, 0.15) is 40.0 Å². The van der Waals surface area contributed by atoms with Gasteiger partial charge in [-0.2, -0.15) is 0 Å². The summed E-state index contributed by atoms with van der Waals surface area (Å²) in [5.41, 5.74) is -0.536. The van der Waals surface area contributed by atoms with Crippen molar-refractivity contribution in [3.05, 3.63) is 0 Å². The van der Waals surface area contributed by atoms with Gasteiger partial charge in [-0.25, -0.2) is 4.79 Å². The van der Waals surface area contributed by atoms with Gasteiger partial charge < -0.3 is 15.2 Å². The van der Waals surface area contributed by atoms with Crippen molar-refractivity contribution in [1.29, 1.82) is 0 Å². The molecule has 0 aromatic rings. The van der Waals surface area contributed by atoms with Gasteiger partial charge in [-0.15, -0.1) is 0 Å². The van der Waals surface area contributed by atoms with Crippen LogP contribution in [-0.2, 0) is 9.53 Å². The van der Waals surface area contributed by atoms with Crippen molar-refractivity contribution in [2.24, 2.45) is 0 Å². The van der Waals surface area contributed by atoms with E-state index in [4.69, 9.17) is 4.74 Å². The Morgan fingerprint density at radius 1 is 1.32 bits per heavy atom. The summed E-state index contributed by atoms with van der Waals surface area (Å²) in [6.45, 7) is 7.32. The number of hydrogen-bond donors (Lipinski definition) is 2. The molecular formula is C13H24N2O4. The van der Waals surface area contributed by atoms with E-state index in [-0.39, 0.29) is 0 Å². The van der Waals surface area contributed by atoms with E-state index in [0.29, 0.717) is 13.0 Å². The van der Waals surface area contributed by atoms with Crippen LogP contribution in [0.25, 0.3) is 0 Å². The average molecular weight is 272 g/mol. The van der Waals surface area contributed by atoms with Crippen LogP contribution >= 0.6 is 0 Å². The second-order valence-electron chi connectivity index (χ2n) is 5.81. The number of ether oxygens (including phenoxy) is 1. The minimum absolute atomic E-state index is 0.308. The Labute approximate surface area is 114 Å². The zero-order valence-electron chi connectivity index (χ0n) is 11.9. The molecule has 19 heavy (non-hydrogen) atoms. The van der Waals surface area contributed by atoms with Crippen molar-refractivity contribution in [3.63, 3.8) is 0 Å². The number of carbonyl (C=O) groups is 2. The molecule has 0 aromatic heterocycles. The van der Waals surface area contributed by atoms with Gasteiger partial charge >= 0.3 is 12.1 Å². The molecule has 0 spiro atoms. The van der Waals surface area contributed by atoms with Crippen molar-refractivity contribution in [1.82, 2.24) is 10.2 Å². The molecule has 6 heteroatoms. The highest BCUT2D eigenvalue weighted by atomic mass is 16.6. The molecule has 2 N–H and O–H groups in total. The van der Waals surface area contributed by atoms with Crippen molar-refractivity contribution in [3.8, 4) is 0 Å². The van der Waals surface area contributed by atoms with E-state index in [1.165, 1.54) is 0 Å². The van der Waals surface area contributed by atoms with Gasteiger partial charge in [0.25, 0.3) is 0 Å². The first kappa shape index (κ1) is 15.8. The molecule has 6 nitrogen and oxygen atoms in total. The topological polar surface area (TPSA) is 78.9 Å². The first-order valence-corrected chi connectivity index (χ1v) is 6.73. The van der Waals surface area contributed by atoms with Gasteiger partial charge in [0.2, 0.25) is 0 Å². The second kappa shape index (κ2) is 6.75. The molecule has 1 rings (SSSR count). The number of nitrogens with zero attached hydrogens (tertiary/aromatic N) is 1. The number of likely N-dealkylation sites (tertiary alicyclic amines) is 1. The van der Waals surface area contributed by atoms with Gasteiger partial charge in [0.1, 0.15) is 11.6 Å². The van der Waals surface area contributed by atoms with Crippen molar-refractivity contribution in [2.45, 2.75) is 51.7 Å². The fourth-order valence-electron chi connectivity index (χ4n) is 2.14. The zero-order chi connectivity index (χ0) is 14.5. The maximum Gasteiger partial charge on any atom is 0.407 e. The molecule has 110 valence electrons. The van der Waals surface area contributed by atoms with E-state index in [0.717, 1.165) is 25.9 Å². The number of aliphatic carboxylic acids is 1. The highest BCUT2D eigenvalue weighted by Crippen LogP contribution is 2.14. The molecule has 0 aromatic carbocycles. The monoisotopic (exact) mass is 272 g/mol. The summed E-state index contributed by atoms with van der Waals surface area (Å²) >= 11 is 0. The highest BCUT2D eigenvalue weighted by Gasteiger charge is 2.27. The second-order valence-corrected chi connectivity index (χ2v) is 5.81. The number of carboxylic acid groups (broad SMARTS) is 1. The summed E-state index contributed by atoms with van der Waals surface area (Å²) < 4.78 is 5.09. The number of amides is 1. The van der Waals surface area contributed by atoms with Crippen LogP contribution in [0.3, 0.4) is 0 Å². The minimum Gasteiger partial charge on any atom is -0.480 e. The lowest BCUT2D eigenvalue weighted by atomic mass is 10.2. The first-order chi connectivity index (χ1) is 8.79. The number of alkyl carbamates (subject to hydrolysis) is 1. The molecule has 0 aliphatic carbocycles. The lowest BCUT2D eigenvalue weighted by Gasteiger charge is -2.24. The Kier molecular flexibility index (Phi) is 5.60. The molecule has 1 amide bonds. The smallest absolute Gasteiger partial charge is 0.407 e. The Balaban J connectivity index is 2.32. The third-order valence-corrected chi connectivity index (χ3v) is 2.95. The van der Waals surface area contributed by atoms with E-state index >= 15 is 0 Å². The molecule has 1 atom stereocenters. The standard InChI is InChI=1S/C13H24N2O4/c1-13(2,3)19-12(18)14-7-6-10(11(16)17)15-8-4-5-9-15/h10H,4-9H2,1-3H3,(H,14,18)(H,16,17). The Morgan fingerprint density at radius 3 is 2.37 bits per heavy atom. The molecule has 0 radical (unpaired) electrons. The van der Waals surface area contributed by atoms with E-state index in [2.05, 4.69) is 5.32 Å². The van der Waals surface area contributed by atoms with Gasteiger partial charge in [-0.1, -0.05) is 0 Å². The summed E-state index contributed by atoms with van der Waals surface area (Å²) in [4.78, 5) is 24.6. The number of hydrogen-bond acceptors (Lipinski definition) is 4. The Hall–Kier alpha value is -1.30. The first-order valence-electron chi connectivity index (χ1n) is 6.73. The Bertz CT molecular complexity index is 319. The molecule has 1 fully saturated rings. The van der Waals surface area contributed by atoms with E-state index in [9.17, 15) is 14.7 Å². The molecule has 1 aliphatic heterocycles. The fourth-order valence-corrected chi connectivity index (χ4v) is 2.14. The van der Waals surface area contributed by atoms with Crippen LogP contribution < -0.4 is 5.32 Å². The van der Waals surface area contributed by atoms with Crippen LogP contribution in [0, 0.1) is 0 Å². The van der Waals surface area contributed by atoms with E-state index in [1.54, 1.807) is 20.8 Å². The average Bonchev–Trinajstić information content (AvgIpc) is 2.74. The summed E-state index contributed by atoms with van der Waals surface area (Å²) in [6.07, 6.45) is 1.99. The number of carboxylic acids is 1. The van der Waals surface area contributed by atoms with Crippen molar-refractivity contribution >= 4 is 12.1 Å². The summed E-state index contributed by atoms with van der Waals surface area (Å²) in [7, 11) is 0. The summed E-state index contributed by atoms with van der Waals surface area (Å²) in [5, 5.41) is 11.8. The largest absolute Gasteiger partial charge is 0.480 e.